The van der Waals surface area contributed by atoms with Gasteiger partial charge in [-0.25, -0.2) is 0 Å². The minimum atomic E-state index is -0.523. The second-order valence-electron chi connectivity index (χ2n) is 22.9. The number of anilines is 3. The lowest BCUT2D eigenvalue weighted by Gasteiger charge is -2.59. The molecule has 0 amide bonds. The Morgan fingerprint density at radius 1 is 0.364 bits per heavy atom. The lowest BCUT2D eigenvalue weighted by molar-refractivity contribution is -0.251. The molecule has 4 aliphatic heterocycles. The molecule has 0 radical (unpaired) electrons. The molecule has 14 nitrogen and oxygen atoms in total. The summed E-state index contributed by atoms with van der Waals surface area (Å²) >= 11 is 0. The Labute approximate surface area is 332 Å². The Bertz CT molecular complexity index is 1300. The van der Waals surface area contributed by atoms with Gasteiger partial charge in [-0.1, -0.05) is 0 Å². The van der Waals surface area contributed by atoms with Crippen LogP contribution in [0.25, 0.3) is 0 Å². The first-order chi connectivity index (χ1) is 24.7. The summed E-state index contributed by atoms with van der Waals surface area (Å²) in [6.07, 6.45) is 5.47. The predicted octanol–water partition coefficient (Wildman–Crippen LogP) is 7.19. The fourth-order valence-corrected chi connectivity index (χ4v) is 11.7. The lowest BCUT2D eigenvalue weighted by Crippen LogP contribution is -2.68. The zero-order valence-corrected chi connectivity index (χ0v) is 37.7. The van der Waals surface area contributed by atoms with Gasteiger partial charge in [0.15, 0.2) is 0 Å². The number of rotatable bonds is 7. The normalized spacial score (nSPS) is 28.9. The van der Waals surface area contributed by atoms with E-state index < -0.39 is 44.3 Å². The van der Waals surface area contributed by atoms with Crippen LogP contribution in [-0.2, 0) is 0 Å². The molecule has 0 unspecified atom stereocenters. The third-order valence-corrected chi connectivity index (χ3v) is 13.5. The van der Waals surface area contributed by atoms with Crippen LogP contribution < -0.4 is 14.7 Å². The summed E-state index contributed by atoms with van der Waals surface area (Å²) < 4.78 is 0. The first-order valence-electron chi connectivity index (χ1n) is 20.6. The topological polar surface area (TPSA) is 142 Å². The average molecular weight is 775 g/mol. The van der Waals surface area contributed by atoms with Gasteiger partial charge in [0.1, 0.15) is 0 Å². The molecule has 1 aromatic rings. The minimum absolute atomic E-state index is 0.0278. The molecule has 5 heterocycles. The summed E-state index contributed by atoms with van der Waals surface area (Å²) in [6, 6.07) is -0.111. The highest BCUT2D eigenvalue weighted by molar-refractivity contribution is 5.50. The Kier molecular flexibility index (Phi) is 11.1. The van der Waals surface area contributed by atoms with Crippen molar-refractivity contribution in [3.8, 4) is 0 Å². The van der Waals surface area contributed by atoms with Crippen LogP contribution in [-0.4, -0.2) is 139 Å². The van der Waals surface area contributed by atoms with E-state index in [2.05, 4.69) is 121 Å². The molecule has 0 atom stereocenters. The molecule has 5 rings (SSSR count). The highest BCUT2D eigenvalue weighted by atomic mass is 16.5. The van der Waals surface area contributed by atoms with Gasteiger partial charge in [0.2, 0.25) is 17.8 Å². The van der Waals surface area contributed by atoms with Gasteiger partial charge in [-0.15, -0.1) is 0 Å². The number of nitrogens with zero attached hydrogens (tertiary/aromatic N) is 10. The van der Waals surface area contributed by atoms with Crippen LogP contribution in [0, 0.1) is 0 Å². The zero-order valence-electron chi connectivity index (χ0n) is 37.7. The lowest BCUT2D eigenvalue weighted by atomic mass is 9.74. The maximum absolute atomic E-state index is 11.5. The van der Waals surface area contributed by atoms with E-state index in [-0.39, 0.29) is 24.2 Å². The number of piperidine rings is 4. The van der Waals surface area contributed by atoms with Crippen LogP contribution in [0.2, 0.25) is 0 Å². The van der Waals surface area contributed by atoms with Gasteiger partial charge >= 0.3 is 0 Å². The van der Waals surface area contributed by atoms with E-state index in [1.54, 1.807) is 0 Å². The summed E-state index contributed by atoms with van der Waals surface area (Å²) in [5, 5.41) is 51.9. The van der Waals surface area contributed by atoms with Crippen molar-refractivity contribution in [2.75, 3.05) is 28.8 Å². The van der Waals surface area contributed by atoms with Gasteiger partial charge in [0.05, 0.1) is 0 Å². The van der Waals surface area contributed by atoms with Gasteiger partial charge in [0.25, 0.3) is 0 Å². The van der Waals surface area contributed by atoms with Crippen molar-refractivity contribution in [3.63, 3.8) is 0 Å². The third kappa shape index (κ3) is 8.22. The fraction of sp³-hybridized carbons (Fsp3) is 0.927. The van der Waals surface area contributed by atoms with E-state index in [1.165, 1.54) is 20.3 Å². The molecule has 55 heavy (non-hydrogen) atoms. The van der Waals surface area contributed by atoms with Crippen molar-refractivity contribution in [2.24, 2.45) is 0 Å². The Morgan fingerprint density at radius 3 is 0.691 bits per heavy atom. The van der Waals surface area contributed by atoms with Crippen molar-refractivity contribution >= 4 is 17.8 Å². The molecule has 0 bridgehead atoms. The fourth-order valence-electron chi connectivity index (χ4n) is 11.7. The van der Waals surface area contributed by atoms with Crippen LogP contribution in [0.15, 0.2) is 0 Å². The summed E-state index contributed by atoms with van der Waals surface area (Å²) in [5.41, 5.74) is -4.19. The smallest absolute Gasteiger partial charge is 0.232 e. The van der Waals surface area contributed by atoms with Crippen LogP contribution >= 0.6 is 0 Å². The minimum Gasteiger partial charge on any atom is -0.347 e. The van der Waals surface area contributed by atoms with E-state index in [0.29, 0.717) is 69.2 Å². The van der Waals surface area contributed by atoms with E-state index in [4.69, 9.17) is 15.0 Å². The molecule has 14 heteroatoms. The van der Waals surface area contributed by atoms with E-state index in [0.717, 1.165) is 0 Å². The second-order valence-corrected chi connectivity index (χ2v) is 22.9. The van der Waals surface area contributed by atoms with Gasteiger partial charge < -0.3 is 35.5 Å². The quantitative estimate of drug-likeness (QED) is 0.222. The summed E-state index contributed by atoms with van der Waals surface area (Å²) in [5.74, 6) is 1.75. The molecular formula is C41H78N10O4. The highest BCUT2D eigenvalue weighted by Crippen LogP contribution is 2.48. The molecule has 0 saturated carbocycles. The van der Waals surface area contributed by atoms with Crippen LogP contribution in [0.4, 0.5) is 17.8 Å². The number of hydroxylamine groups is 8. The standard InChI is InChI=1S/C41H78N10O4/c1-34(2)19-27(20-35(3,4)48(34)52)46(28-21-36(5,6)49(53)37(7,8)22-28)32-42-31(45(17)18)43-33(44-32)47(29-23-38(9,10)50(54)39(11,12)24-29)30-25-40(13,14)51(55)41(15,16)26-30/h27-30,52-55H,19-26H2,1-18H3. The van der Waals surface area contributed by atoms with Crippen molar-refractivity contribution in [2.45, 2.75) is 231 Å². The van der Waals surface area contributed by atoms with Crippen molar-refractivity contribution in [1.29, 1.82) is 0 Å². The summed E-state index contributed by atoms with van der Waals surface area (Å²) in [6.45, 7) is 33.6. The molecule has 4 N–H and O–H groups in total. The van der Waals surface area contributed by atoms with Gasteiger partial charge in [-0.05, 0) is 162 Å². The third-order valence-electron chi connectivity index (χ3n) is 13.5. The van der Waals surface area contributed by atoms with Crippen molar-refractivity contribution in [3.05, 3.63) is 0 Å². The largest absolute Gasteiger partial charge is 0.347 e. The van der Waals surface area contributed by atoms with Gasteiger partial charge in [-0.2, -0.15) is 35.2 Å². The molecule has 0 spiro atoms. The predicted molar refractivity (Wildman–Crippen MR) is 218 cm³/mol. The Morgan fingerprint density at radius 2 is 0.527 bits per heavy atom. The monoisotopic (exact) mass is 775 g/mol. The summed E-state index contributed by atoms with van der Waals surface area (Å²) in [7, 11) is 3.94. The molecule has 0 aromatic carbocycles. The van der Waals surface area contributed by atoms with Crippen LogP contribution in [0.3, 0.4) is 0 Å². The van der Waals surface area contributed by atoms with E-state index in [1.807, 2.05) is 19.0 Å². The summed E-state index contributed by atoms with van der Waals surface area (Å²) in [4.78, 5) is 22.9. The van der Waals surface area contributed by atoms with E-state index >= 15 is 0 Å². The maximum Gasteiger partial charge on any atom is 0.232 e. The average Bonchev–Trinajstić information content (AvgIpc) is 2.99. The zero-order chi connectivity index (χ0) is 41.9. The second kappa shape index (κ2) is 13.8. The molecular weight excluding hydrogens is 697 g/mol. The van der Waals surface area contributed by atoms with Gasteiger partial charge in [-0.3, -0.25) is 0 Å². The SMILES string of the molecule is CN(C)c1nc(N(C2CC(C)(C)N(O)C(C)(C)C2)C2CC(C)(C)N(O)C(C)(C)C2)nc(N(C2CC(C)(C)N(O)C(C)(C)C2)C2CC(C)(C)N(O)C(C)(C)C2)n1. The molecule has 0 aliphatic carbocycles. The maximum atomic E-state index is 11.5. The number of hydrogen-bond acceptors (Lipinski definition) is 14. The Hall–Kier alpha value is -1.91. The van der Waals surface area contributed by atoms with Gasteiger partial charge in [0, 0.05) is 82.6 Å². The van der Waals surface area contributed by atoms with Crippen LogP contribution in [0.5, 0.6) is 0 Å². The molecule has 4 fully saturated rings. The molecule has 1 aromatic heterocycles. The van der Waals surface area contributed by atoms with Crippen LogP contribution in [0.1, 0.15) is 162 Å². The van der Waals surface area contributed by atoms with E-state index in [9.17, 15) is 20.8 Å². The molecule has 316 valence electrons. The highest BCUT2D eigenvalue weighted by Gasteiger charge is 2.55. The number of aromatic nitrogens is 3. The van der Waals surface area contributed by atoms with Crippen molar-refractivity contribution < 1.29 is 20.8 Å². The first kappa shape index (κ1) is 44.2. The first-order valence-corrected chi connectivity index (χ1v) is 20.6. The number of hydrogen-bond donors (Lipinski definition) is 4. The molecule has 4 aliphatic rings. The molecule has 4 saturated heterocycles. The Balaban J connectivity index is 1.76. The van der Waals surface area contributed by atoms with Crippen molar-refractivity contribution in [1.82, 2.24) is 35.2 Å².